The molecule has 9 heteroatoms. The summed E-state index contributed by atoms with van der Waals surface area (Å²) in [5.74, 6) is -1.53. The Morgan fingerprint density at radius 1 is 1.44 bits per heavy atom. The number of nitrogens with zero attached hydrogens (tertiary/aromatic N) is 2. The Labute approximate surface area is 100 Å². The number of aromatic hydroxyl groups is 1. The molecule has 1 fully saturated rings. The Balaban J connectivity index is 2.21. The first kappa shape index (κ1) is 11.8. The molecular weight excluding hydrogens is 244 g/mol. The average Bonchev–Trinajstić information content (AvgIpc) is 2.69. The molecule has 1 aromatic rings. The molecular formula is C9H10N4O5. The highest BCUT2D eigenvalue weighted by Gasteiger charge is 2.23. The predicted molar refractivity (Wildman–Crippen MR) is 57.1 cm³/mol. The highest BCUT2D eigenvalue weighted by Crippen LogP contribution is 2.03. The van der Waals surface area contributed by atoms with Crippen LogP contribution in [0.3, 0.4) is 0 Å². The SMILES string of the molecule is O=C(NN1CCNC1=O)c1cc(=O)c(O)cn1O. The van der Waals surface area contributed by atoms with E-state index < -0.39 is 28.8 Å². The summed E-state index contributed by atoms with van der Waals surface area (Å²) in [6, 6.07) is 0.285. The summed E-state index contributed by atoms with van der Waals surface area (Å²) >= 11 is 0. The summed E-state index contributed by atoms with van der Waals surface area (Å²) in [5.41, 5.74) is 1.01. The van der Waals surface area contributed by atoms with Gasteiger partial charge in [-0.15, -0.1) is 0 Å². The van der Waals surface area contributed by atoms with E-state index in [1.165, 1.54) is 0 Å². The molecule has 18 heavy (non-hydrogen) atoms. The predicted octanol–water partition coefficient (Wildman–Crippen LogP) is -1.54. The smallest absolute Gasteiger partial charge is 0.336 e. The van der Waals surface area contributed by atoms with Crippen LogP contribution in [0.25, 0.3) is 0 Å². The molecule has 0 aromatic carbocycles. The van der Waals surface area contributed by atoms with E-state index in [9.17, 15) is 19.6 Å². The fourth-order valence-electron chi connectivity index (χ4n) is 1.44. The lowest BCUT2D eigenvalue weighted by atomic mass is 10.3. The van der Waals surface area contributed by atoms with Crippen LogP contribution >= 0.6 is 0 Å². The van der Waals surface area contributed by atoms with Crippen LogP contribution in [-0.2, 0) is 0 Å². The van der Waals surface area contributed by atoms with Crippen molar-refractivity contribution < 1.29 is 19.9 Å². The first-order valence-electron chi connectivity index (χ1n) is 5.00. The third-order valence-electron chi connectivity index (χ3n) is 2.34. The molecule has 0 aliphatic carbocycles. The first-order valence-corrected chi connectivity index (χ1v) is 5.00. The Morgan fingerprint density at radius 3 is 2.78 bits per heavy atom. The lowest BCUT2D eigenvalue weighted by molar-refractivity contribution is 0.0797. The summed E-state index contributed by atoms with van der Waals surface area (Å²) in [7, 11) is 0. The maximum atomic E-state index is 11.7. The van der Waals surface area contributed by atoms with Crippen molar-refractivity contribution in [2.45, 2.75) is 0 Å². The van der Waals surface area contributed by atoms with Gasteiger partial charge in [0.05, 0.1) is 12.7 Å². The second kappa shape index (κ2) is 4.28. The zero-order valence-corrected chi connectivity index (χ0v) is 9.08. The monoisotopic (exact) mass is 254 g/mol. The van der Waals surface area contributed by atoms with E-state index in [1.807, 2.05) is 0 Å². The van der Waals surface area contributed by atoms with Crippen LogP contribution in [0.1, 0.15) is 10.5 Å². The third-order valence-corrected chi connectivity index (χ3v) is 2.34. The van der Waals surface area contributed by atoms with E-state index >= 15 is 0 Å². The van der Waals surface area contributed by atoms with Gasteiger partial charge in [-0.25, -0.2) is 9.80 Å². The molecule has 0 spiro atoms. The number of hydrogen-bond acceptors (Lipinski definition) is 5. The van der Waals surface area contributed by atoms with Crippen molar-refractivity contribution >= 4 is 11.9 Å². The van der Waals surface area contributed by atoms with Gasteiger partial charge in [-0.05, 0) is 0 Å². The number of nitrogens with one attached hydrogen (secondary N) is 2. The van der Waals surface area contributed by atoms with E-state index in [0.29, 0.717) is 17.5 Å². The minimum absolute atomic E-state index is 0.276. The normalized spacial score (nSPS) is 14.4. The fourth-order valence-corrected chi connectivity index (χ4v) is 1.44. The number of hydrazine groups is 1. The van der Waals surface area contributed by atoms with Crippen LogP contribution < -0.4 is 16.2 Å². The molecule has 0 unspecified atom stereocenters. The molecule has 2 heterocycles. The Morgan fingerprint density at radius 2 is 2.17 bits per heavy atom. The van der Waals surface area contributed by atoms with Crippen molar-refractivity contribution in [3.05, 3.63) is 28.2 Å². The van der Waals surface area contributed by atoms with Crippen LogP contribution in [0.4, 0.5) is 4.79 Å². The molecule has 0 saturated carbocycles. The van der Waals surface area contributed by atoms with Gasteiger partial charge >= 0.3 is 6.03 Å². The Bertz CT molecular complexity index is 567. The van der Waals surface area contributed by atoms with Gasteiger partial charge in [-0.2, -0.15) is 4.73 Å². The van der Waals surface area contributed by atoms with Gasteiger partial charge in [0.15, 0.2) is 5.75 Å². The Hall–Kier alpha value is -2.71. The highest BCUT2D eigenvalue weighted by atomic mass is 16.5. The van der Waals surface area contributed by atoms with Crippen molar-refractivity contribution in [1.29, 1.82) is 0 Å². The largest absolute Gasteiger partial charge is 0.503 e. The minimum atomic E-state index is -0.841. The van der Waals surface area contributed by atoms with Crippen molar-refractivity contribution in [3.63, 3.8) is 0 Å². The van der Waals surface area contributed by atoms with E-state index in [0.717, 1.165) is 11.1 Å². The van der Waals surface area contributed by atoms with Crippen molar-refractivity contribution in [3.8, 4) is 5.75 Å². The van der Waals surface area contributed by atoms with E-state index in [-0.39, 0.29) is 6.54 Å². The lowest BCUT2D eigenvalue weighted by Gasteiger charge is -2.16. The molecule has 2 rings (SSSR count). The quantitative estimate of drug-likeness (QED) is 0.476. The van der Waals surface area contributed by atoms with Crippen LogP contribution in [0.15, 0.2) is 17.1 Å². The van der Waals surface area contributed by atoms with Crippen LogP contribution in [0.2, 0.25) is 0 Å². The van der Waals surface area contributed by atoms with Crippen LogP contribution in [-0.4, -0.2) is 45.1 Å². The molecule has 1 aliphatic rings. The summed E-state index contributed by atoms with van der Waals surface area (Å²) < 4.78 is 0.306. The zero-order chi connectivity index (χ0) is 13.3. The van der Waals surface area contributed by atoms with Crippen molar-refractivity contribution in [2.24, 2.45) is 0 Å². The van der Waals surface area contributed by atoms with Gasteiger partial charge < -0.3 is 15.6 Å². The molecule has 9 nitrogen and oxygen atoms in total. The summed E-state index contributed by atoms with van der Waals surface area (Å²) in [4.78, 5) is 34.0. The maximum absolute atomic E-state index is 11.7. The Kier molecular flexibility index (Phi) is 2.80. The first-order chi connectivity index (χ1) is 8.49. The standard InChI is InChI=1S/C9H10N4O5/c14-6-3-5(13(18)4-7(6)15)8(16)11-12-2-1-10-9(12)17/h3-4,15,18H,1-2H2,(H,10,17)(H,11,16). The van der Waals surface area contributed by atoms with Gasteiger partial charge in [0.1, 0.15) is 5.69 Å². The van der Waals surface area contributed by atoms with Crippen molar-refractivity contribution in [2.75, 3.05) is 13.1 Å². The average molecular weight is 254 g/mol. The number of carbonyl (C=O) groups excluding carboxylic acids is 2. The summed E-state index contributed by atoms with van der Waals surface area (Å²) in [6.45, 7) is 0.666. The van der Waals surface area contributed by atoms with Crippen molar-refractivity contribution in [1.82, 2.24) is 20.5 Å². The molecule has 3 amide bonds. The number of aromatic nitrogens is 1. The minimum Gasteiger partial charge on any atom is -0.503 e. The van der Waals surface area contributed by atoms with Gasteiger partial charge in [-0.3, -0.25) is 15.0 Å². The van der Waals surface area contributed by atoms with Gasteiger partial charge in [0.2, 0.25) is 5.43 Å². The number of hydrogen-bond donors (Lipinski definition) is 4. The second-order valence-corrected chi connectivity index (χ2v) is 3.58. The molecule has 1 aliphatic heterocycles. The lowest BCUT2D eigenvalue weighted by Crippen LogP contribution is -2.45. The van der Waals surface area contributed by atoms with E-state index in [1.54, 1.807) is 0 Å². The molecule has 4 N–H and O–H groups in total. The molecule has 1 aromatic heterocycles. The van der Waals surface area contributed by atoms with Gasteiger partial charge in [0, 0.05) is 12.6 Å². The van der Waals surface area contributed by atoms with E-state index in [4.69, 9.17) is 5.11 Å². The van der Waals surface area contributed by atoms with Crippen LogP contribution in [0.5, 0.6) is 5.75 Å². The van der Waals surface area contributed by atoms with E-state index in [2.05, 4.69) is 10.7 Å². The maximum Gasteiger partial charge on any atom is 0.336 e. The third kappa shape index (κ3) is 2.05. The number of pyridine rings is 1. The fraction of sp³-hybridized carbons (Fsp3) is 0.222. The van der Waals surface area contributed by atoms with Crippen LogP contribution in [0, 0.1) is 0 Å². The van der Waals surface area contributed by atoms with Gasteiger partial charge in [0.25, 0.3) is 5.91 Å². The topological polar surface area (TPSA) is 124 Å². The summed E-state index contributed by atoms with van der Waals surface area (Å²) in [6.07, 6.45) is 0.696. The molecule has 1 saturated heterocycles. The highest BCUT2D eigenvalue weighted by molar-refractivity contribution is 5.93. The molecule has 0 radical (unpaired) electrons. The number of rotatable bonds is 2. The zero-order valence-electron chi connectivity index (χ0n) is 9.08. The molecule has 0 bridgehead atoms. The van der Waals surface area contributed by atoms with Gasteiger partial charge in [-0.1, -0.05) is 0 Å². The summed E-state index contributed by atoms with van der Waals surface area (Å²) in [5, 5.41) is 21.9. The number of urea groups is 1. The number of amides is 3. The second-order valence-electron chi connectivity index (χ2n) is 3.58. The number of carbonyl (C=O) groups is 2. The molecule has 96 valence electrons. The molecule has 0 atom stereocenters.